The van der Waals surface area contributed by atoms with Crippen LogP contribution in [0.2, 0.25) is 0 Å². The molecule has 0 saturated carbocycles. The zero-order valence-electron chi connectivity index (χ0n) is 8.50. The predicted molar refractivity (Wildman–Crippen MR) is 56.2 cm³/mol. The first kappa shape index (κ1) is 10.4. The van der Waals surface area contributed by atoms with Crippen LogP contribution in [0.4, 0.5) is 0 Å². The molecule has 0 bridgehead atoms. The Morgan fingerprint density at radius 3 is 2.46 bits per heavy atom. The zero-order valence-corrected chi connectivity index (χ0v) is 9.31. The number of hydrogen-bond donors (Lipinski definition) is 0. The van der Waals surface area contributed by atoms with E-state index >= 15 is 0 Å². The van der Waals surface area contributed by atoms with Gasteiger partial charge in [0, 0.05) is 4.88 Å². The lowest BCUT2D eigenvalue weighted by molar-refractivity contribution is -0.121. The minimum Gasteiger partial charge on any atom is -0.298 e. The maximum atomic E-state index is 11.4. The van der Waals surface area contributed by atoms with E-state index in [0.29, 0.717) is 0 Å². The fraction of sp³-hybridized carbons (Fsp3) is 0.500. The van der Waals surface area contributed by atoms with E-state index in [1.165, 1.54) is 5.56 Å². The molecule has 0 N–H and O–H groups in total. The fourth-order valence-electron chi connectivity index (χ4n) is 1.45. The summed E-state index contributed by atoms with van der Waals surface area (Å²) in [4.78, 5) is 14.5. The van der Waals surface area contributed by atoms with E-state index < -0.39 is 0 Å². The summed E-state index contributed by atoms with van der Waals surface area (Å²) in [6.45, 7) is 3.69. The van der Waals surface area contributed by atoms with Crippen LogP contribution in [0.15, 0.2) is 11.4 Å². The van der Waals surface area contributed by atoms with Gasteiger partial charge in [-0.3, -0.25) is 9.69 Å². The van der Waals surface area contributed by atoms with E-state index in [2.05, 4.69) is 6.07 Å². The molecule has 1 unspecified atom stereocenters. The number of carbonyl (C=O) groups excluding carboxylic acids is 1. The quantitative estimate of drug-likeness (QED) is 0.740. The zero-order chi connectivity index (χ0) is 10.0. The lowest BCUT2D eigenvalue weighted by Crippen LogP contribution is -2.25. The fourth-order valence-corrected chi connectivity index (χ4v) is 2.63. The van der Waals surface area contributed by atoms with Gasteiger partial charge in [-0.05, 0) is 45.0 Å². The van der Waals surface area contributed by atoms with Crippen LogP contribution in [0.1, 0.15) is 23.4 Å². The van der Waals surface area contributed by atoms with Crippen LogP contribution >= 0.6 is 11.3 Å². The van der Waals surface area contributed by atoms with Gasteiger partial charge >= 0.3 is 0 Å². The van der Waals surface area contributed by atoms with Crippen molar-refractivity contribution in [1.29, 1.82) is 0 Å². The van der Waals surface area contributed by atoms with Gasteiger partial charge < -0.3 is 0 Å². The van der Waals surface area contributed by atoms with Crippen molar-refractivity contribution in [1.82, 2.24) is 4.90 Å². The lowest BCUT2D eigenvalue weighted by Gasteiger charge is -2.21. The molecule has 0 amide bonds. The molecule has 1 heterocycles. The Bertz CT molecular complexity index is 304. The number of rotatable bonds is 3. The minimum atomic E-state index is -0.0694. The molecule has 3 heteroatoms. The van der Waals surface area contributed by atoms with Crippen LogP contribution in [-0.2, 0) is 4.79 Å². The van der Waals surface area contributed by atoms with Crippen LogP contribution in [0.3, 0.4) is 0 Å². The van der Waals surface area contributed by atoms with E-state index in [1.54, 1.807) is 18.3 Å². The van der Waals surface area contributed by atoms with Gasteiger partial charge in [0.05, 0.1) is 0 Å². The van der Waals surface area contributed by atoms with Crippen LogP contribution < -0.4 is 0 Å². The number of nitrogens with zero attached hydrogens (tertiary/aromatic N) is 1. The highest BCUT2D eigenvalue weighted by atomic mass is 32.1. The lowest BCUT2D eigenvalue weighted by atomic mass is 10.1. The number of carbonyl (C=O) groups is 1. The first-order chi connectivity index (χ1) is 6.04. The van der Waals surface area contributed by atoms with Crippen molar-refractivity contribution in [2.75, 3.05) is 14.1 Å². The van der Waals surface area contributed by atoms with Gasteiger partial charge in [0.25, 0.3) is 0 Å². The van der Waals surface area contributed by atoms with Crippen LogP contribution in [0.25, 0.3) is 0 Å². The number of hydrogen-bond acceptors (Lipinski definition) is 3. The second kappa shape index (κ2) is 4.03. The highest BCUT2D eigenvalue weighted by Crippen LogP contribution is 2.27. The van der Waals surface area contributed by atoms with Gasteiger partial charge in [-0.25, -0.2) is 0 Å². The van der Waals surface area contributed by atoms with Crippen molar-refractivity contribution in [2.24, 2.45) is 0 Å². The van der Waals surface area contributed by atoms with Crippen LogP contribution in [-0.4, -0.2) is 24.8 Å². The van der Waals surface area contributed by atoms with E-state index in [9.17, 15) is 4.79 Å². The largest absolute Gasteiger partial charge is 0.298 e. The summed E-state index contributed by atoms with van der Waals surface area (Å²) < 4.78 is 0. The molecule has 0 radical (unpaired) electrons. The van der Waals surface area contributed by atoms with Crippen molar-refractivity contribution in [3.63, 3.8) is 0 Å². The minimum absolute atomic E-state index is 0.0694. The third-order valence-electron chi connectivity index (χ3n) is 2.05. The van der Waals surface area contributed by atoms with Crippen LogP contribution in [0.5, 0.6) is 0 Å². The highest BCUT2D eigenvalue weighted by Gasteiger charge is 2.21. The molecule has 1 atom stereocenters. The van der Waals surface area contributed by atoms with Crippen molar-refractivity contribution in [3.05, 3.63) is 21.9 Å². The molecule has 1 rings (SSSR count). The molecular weight excluding hydrogens is 182 g/mol. The summed E-state index contributed by atoms with van der Waals surface area (Å²) in [6, 6.07) is 1.99. The first-order valence-electron chi connectivity index (χ1n) is 4.25. The number of thiophene rings is 1. The van der Waals surface area contributed by atoms with Crippen molar-refractivity contribution in [3.8, 4) is 0 Å². The smallest absolute Gasteiger partial charge is 0.152 e. The molecule has 1 aromatic rings. The van der Waals surface area contributed by atoms with Crippen molar-refractivity contribution >= 4 is 17.1 Å². The molecule has 72 valence electrons. The molecule has 0 aliphatic heterocycles. The number of Topliss-reactive ketones (excluding diaryl/α,β-unsaturated/α-hetero) is 1. The molecule has 0 fully saturated rings. The maximum absolute atomic E-state index is 11.4. The average molecular weight is 197 g/mol. The standard InChI is InChI=1S/C10H15NOS/c1-7-5-6-13-10(7)9(8(2)12)11(3)4/h5-6,9H,1-4H3. The Balaban J connectivity index is 3.02. The molecule has 0 spiro atoms. The number of likely N-dealkylation sites (N-methyl/N-ethyl adjacent to an activating group) is 1. The van der Waals surface area contributed by atoms with Crippen molar-refractivity contribution < 1.29 is 4.79 Å². The molecule has 0 aliphatic carbocycles. The SMILES string of the molecule is CC(=O)C(c1sccc1C)N(C)C. The maximum Gasteiger partial charge on any atom is 0.152 e. The molecule has 2 nitrogen and oxygen atoms in total. The number of ketones is 1. The Labute approximate surface area is 83.2 Å². The first-order valence-corrected chi connectivity index (χ1v) is 5.13. The van der Waals surface area contributed by atoms with E-state index in [4.69, 9.17) is 0 Å². The molecule has 13 heavy (non-hydrogen) atoms. The average Bonchev–Trinajstić information content (AvgIpc) is 2.35. The van der Waals surface area contributed by atoms with Crippen molar-refractivity contribution in [2.45, 2.75) is 19.9 Å². The summed E-state index contributed by atoms with van der Waals surface area (Å²) >= 11 is 1.65. The third-order valence-corrected chi connectivity index (χ3v) is 3.12. The van der Waals surface area contributed by atoms with Crippen LogP contribution in [0, 0.1) is 6.92 Å². The molecule has 0 aromatic carbocycles. The Kier molecular flexibility index (Phi) is 3.22. The Morgan fingerprint density at radius 2 is 2.15 bits per heavy atom. The summed E-state index contributed by atoms with van der Waals surface area (Å²) in [7, 11) is 3.87. The predicted octanol–water partition coefficient (Wildman–Crippen LogP) is 2.25. The van der Waals surface area contributed by atoms with Gasteiger partial charge in [-0.2, -0.15) is 0 Å². The second-order valence-electron chi connectivity index (χ2n) is 3.44. The Hall–Kier alpha value is -0.670. The van der Waals surface area contributed by atoms with Gasteiger partial charge in [0.1, 0.15) is 6.04 Å². The normalized spacial score (nSPS) is 13.3. The van der Waals surface area contributed by atoms with E-state index in [0.717, 1.165) is 4.88 Å². The van der Waals surface area contributed by atoms with E-state index in [1.807, 2.05) is 31.3 Å². The van der Waals surface area contributed by atoms with Gasteiger partial charge in [-0.15, -0.1) is 11.3 Å². The Morgan fingerprint density at radius 1 is 1.54 bits per heavy atom. The topological polar surface area (TPSA) is 20.3 Å². The summed E-state index contributed by atoms with van der Waals surface area (Å²) in [5.74, 6) is 0.204. The van der Waals surface area contributed by atoms with Gasteiger partial charge in [0.15, 0.2) is 5.78 Å². The third kappa shape index (κ3) is 2.17. The van der Waals surface area contributed by atoms with Gasteiger partial charge in [-0.1, -0.05) is 0 Å². The van der Waals surface area contributed by atoms with E-state index in [-0.39, 0.29) is 11.8 Å². The molecule has 0 aliphatic rings. The monoisotopic (exact) mass is 197 g/mol. The highest BCUT2D eigenvalue weighted by molar-refractivity contribution is 7.10. The number of aryl methyl sites for hydroxylation is 1. The summed E-state index contributed by atoms with van der Waals surface area (Å²) in [5, 5.41) is 2.03. The molecular formula is C10H15NOS. The summed E-state index contributed by atoms with van der Waals surface area (Å²) in [5.41, 5.74) is 1.21. The molecule has 1 aromatic heterocycles. The van der Waals surface area contributed by atoms with Gasteiger partial charge in [0.2, 0.25) is 0 Å². The summed E-state index contributed by atoms with van der Waals surface area (Å²) in [6.07, 6.45) is 0. The molecule has 0 saturated heterocycles. The second-order valence-corrected chi connectivity index (χ2v) is 4.39.